The second-order valence-corrected chi connectivity index (χ2v) is 7.77. The highest BCUT2D eigenvalue weighted by Gasteiger charge is 2.27. The monoisotopic (exact) mass is 330 g/mol. The van der Waals surface area contributed by atoms with Crippen LogP contribution in [0.4, 0.5) is 14.5 Å². The van der Waals surface area contributed by atoms with Crippen molar-refractivity contribution in [1.29, 1.82) is 0 Å². The minimum Gasteiger partial charge on any atom is -0.591 e. The van der Waals surface area contributed by atoms with E-state index in [1.54, 1.807) is 27.7 Å². The lowest BCUT2D eigenvalue weighted by molar-refractivity contribution is -0.114. The molecule has 0 aliphatic rings. The second kappa shape index (κ2) is 7.19. The van der Waals surface area contributed by atoms with Crippen molar-refractivity contribution in [3.05, 3.63) is 29.3 Å². The molecule has 1 atom stereocenters. The Morgan fingerprint density at radius 1 is 1.27 bits per heavy atom. The molecule has 0 radical (unpaired) electrons. The largest absolute Gasteiger partial charge is 0.591 e. The summed E-state index contributed by atoms with van der Waals surface area (Å²) in [6, 6.07) is 4.03. The molecule has 7 heteroatoms. The summed E-state index contributed by atoms with van der Waals surface area (Å²) >= 11 is -1.49. The SMILES string of the molecule is CC(=O)Nc1cc(C(C)=N[S+]([O-])C(C)(C)C)cc(C(F)F)c1. The standard InChI is InChI=1S/C15H20F2N2O2S/c1-9(19-22(21)15(3,4)5)11-6-12(14(16)17)8-13(7-11)18-10(2)20/h6-8,14H,1-5H3,(H,18,20). The molecule has 0 aliphatic carbocycles. The zero-order valence-corrected chi connectivity index (χ0v) is 14.1. The van der Waals surface area contributed by atoms with Crippen molar-refractivity contribution in [2.45, 2.75) is 45.8 Å². The van der Waals surface area contributed by atoms with E-state index >= 15 is 0 Å². The fourth-order valence-electron chi connectivity index (χ4n) is 1.58. The number of anilines is 1. The Morgan fingerprint density at radius 2 is 1.86 bits per heavy atom. The number of hydrogen-bond acceptors (Lipinski definition) is 3. The first-order valence-electron chi connectivity index (χ1n) is 6.69. The van der Waals surface area contributed by atoms with E-state index in [0.717, 1.165) is 0 Å². The van der Waals surface area contributed by atoms with Crippen LogP contribution in [0.2, 0.25) is 0 Å². The highest BCUT2D eigenvalue weighted by Crippen LogP contribution is 2.25. The molecule has 22 heavy (non-hydrogen) atoms. The molecule has 0 heterocycles. The number of carbonyl (C=O) groups is 1. The molecule has 122 valence electrons. The summed E-state index contributed by atoms with van der Waals surface area (Å²) in [5, 5.41) is 2.48. The van der Waals surface area contributed by atoms with Crippen LogP contribution in [0.3, 0.4) is 0 Å². The molecule has 1 unspecified atom stereocenters. The molecule has 0 fully saturated rings. The zero-order valence-electron chi connectivity index (χ0n) is 13.2. The van der Waals surface area contributed by atoms with Crippen molar-refractivity contribution >= 4 is 28.7 Å². The van der Waals surface area contributed by atoms with Crippen LogP contribution in [0.1, 0.15) is 52.2 Å². The van der Waals surface area contributed by atoms with Crippen LogP contribution in [-0.2, 0) is 16.2 Å². The normalized spacial score (nSPS) is 14.1. The van der Waals surface area contributed by atoms with Crippen molar-refractivity contribution in [3.63, 3.8) is 0 Å². The van der Waals surface area contributed by atoms with Gasteiger partial charge in [0.15, 0.2) is 0 Å². The number of hydrogen-bond donors (Lipinski definition) is 1. The Balaban J connectivity index is 3.24. The van der Waals surface area contributed by atoms with Crippen LogP contribution in [0.25, 0.3) is 0 Å². The fourth-order valence-corrected chi connectivity index (χ4v) is 2.20. The van der Waals surface area contributed by atoms with Gasteiger partial charge in [-0.15, -0.1) is 0 Å². The van der Waals surface area contributed by atoms with Gasteiger partial charge in [-0.05, 0) is 45.9 Å². The van der Waals surface area contributed by atoms with Crippen LogP contribution < -0.4 is 5.32 Å². The Hall–Kier alpha value is -1.47. The van der Waals surface area contributed by atoms with E-state index in [2.05, 4.69) is 9.71 Å². The predicted octanol–water partition coefficient (Wildman–Crippen LogP) is 3.85. The van der Waals surface area contributed by atoms with Gasteiger partial charge in [-0.2, -0.15) is 0 Å². The molecule has 1 aromatic carbocycles. The molecule has 1 amide bonds. The van der Waals surface area contributed by atoms with Crippen molar-refractivity contribution < 1.29 is 18.1 Å². The first-order chi connectivity index (χ1) is 10.0. The summed E-state index contributed by atoms with van der Waals surface area (Å²) in [7, 11) is 0. The van der Waals surface area contributed by atoms with Gasteiger partial charge in [0.1, 0.15) is 16.1 Å². The fraction of sp³-hybridized carbons (Fsp3) is 0.467. The predicted molar refractivity (Wildman–Crippen MR) is 85.8 cm³/mol. The third-order valence-corrected chi connectivity index (χ3v) is 4.18. The molecule has 0 saturated carbocycles. The maximum atomic E-state index is 13.0. The Labute approximate surface area is 132 Å². The first-order valence-corrected chi connectivity index (χ1v) is 7.79. The summed E-state index contributed by atoms with van der Waals surface area (Å²) in [4.78, 5) is 11.1. The van der Waals surface area contributed by atoms with Crippen LogP contribution >= 0.6 is 0 Å². The quantitative estimate of drug-likeness (QED) is 0.673. The third kappa shape index (κ3) is 5.38. The highest BCUT2D eigenvalue weighted by atomic mass is 32.2. The summed E-state index contributed by atoms with van der Waals surface area (Å²) in [5.41, 5.74) is 0.815. The van der Waals surface area contributed by atoms with Gasteiger partial charge in [0.05, 0.1) is 5.71 Å². The van der Waals surface area contributed by atoms with Gasteiger partial charge >= 0.3 is 0 Å². The molecular formula is C15H20F2N2O2S. The topological polar surface area (TPSA) is 64.5 Å². The van der Waals surface area contributed by atoms with Gasteiger partial charge < -0.3 is 9.87 Å². The summed E-state index contributed by atoms with van der Waals surface area (Å²) < 4.78 is 41.5. The van der Waals surface area contributed by atoms with E-state index in [0.29, 0.717) is 11.3 Å². The van der Waals surface area contributed by atoms with Gasteiger partial charge in [0, 0.05) is 23.7 Å². The minimum absolute atomic E-state index is 0.225. The highest BCUT2D eigenvalue weighted by molar-refractivity contribution is 7.91. The Kier molecular flexibility index (Phi) is 6.08. The van der Waals surface area contributed by atoms with E-state index in [1.165, 1.54) is 25.1 Å². The number of nitrogens with zero attached hydrogens (tertiary/aromatic N) is 1. The summed E-state index contributed by atoms with van der Waals surface area (Å²) in [6.45, 7) is 8.23. The van der Waals surface area contributed by atoms with Gasteiger partial charge in [-0.3, -0.25) is 4.79 Å². The third-order valence-electron chi connectivity index (χ3n) is 2.69. The average molecular weight is 330 g/mol. The molecule has 1 aromatic rings. The molecule has 4 nitrogen and oxygen atoms in total. The summed E-state index contributed by atoms with van der Waals surface area (Å²) in [5.74, 6) is -0.356. The number of nitrogens with one attached hydrogen (secondary N) is 1. The molecule has 0 saturated heterocycles. The smallest absolute Gasteiger partial charge is 0.263 e. The van der Waals surface area contributed by atoms with E-state index in [9.17, 15) is 18.1 Å². The average Bonchev–Trinajstić information content (AvgIpc) is 2.36. The molecule has 1 rings (SSSR count). The van der Waals surface area contributed by atoms with Crippen LogP contribution in [0, 0.1) is 0 Å². The van der Waals surface area contributed by atoms with E-state index in [-0.39, 0.29) is 17.2 Å². The van der Waals surface area contributed by atoms with E-state index < -0.39 is 22.5 Å². The van der Waals surface area contributed by atoms with Crippen LogP contribution in [0.5, 0.6) is 0 Å². The van der Waals surface area contributed by atoms with Gasteiger partial charge in [-0.1, -0.05) is 4.40 Å². The Bertz CT molecular complexity index is 583. The lowest BCUT2D eigenvalue weighted by atomic mass is 10.1. The molecule has 1 N–H and O–H groups in total. The van der Waals surface area contributed by atoms with Gasteiger partial charge in [-0.25, -0.2) is 8.78 Å². The van der Waals surface area contributed by atoms with Crippen molar-refractivity contribution in [1.82, 2.24) is 0 Å². The first kappa shape index (κ1) is 18.6. The van der Waals surface area contributed by atoms with Gasteiger partial charge in [0.25, 0.3) is 6.43 Å². The lowest BCUT2D eigenvalue weighted by Gasteiger charge is -2.19. The zero-order chi connectivity index (χ0) is 17.1. The molecule has 0 aromatic heterocycles. The number of benzene rings is 1. The van der Waals surface area contributed by atoms with Crippen LogP contribution in [-0.4, -0.2) is 20.9 Å². The Morgan fingerprint density at radius 3 is 2.32 bits per heavy atom. The van der Waals surface area contributed by atoms with Crippen molar-refractivity contribution in [2.75, 3.05) is 5.32 Å². The van der Waals surface area contributed by atoms with E-state index in [4.69, 9.17) is 0 Å². The van der Waals surface area contributed by atoms with Crippen LogP contribution in [0.15, 0.2) is 22.6 Å². The maximum Gasteiger partial charge on any atom is 0.263 e. The molecule has 0 aliphatic heterocycles. The molecule has 0 spiro atoms. The number of rotatable bonds is 4. The molecular weight excluding hydrogens is 310 g/mol. The number of alkyl halides is 2. The summed E-state index contributed by atoms with van der Waals surface area (Å²) in [6.07, 6.45) is -2.67. The van der Waals surface area contributed by atoms with Gasteiger partial charge in [0.2, 0.25) is 5.91 Å². The minimum atomic E-state index is -2.67. The lowest BCUT2D eigenvalue weighted by Crippen LogP contribution is -2.26. The maximum absolute atomic E-state index is 13.0. The van der Waals surface area contributed by atoms with Crippen molar-refractivity contribution in [2.24, 2.45) is 4.40 Å². The number of carbonyl (C=O) groups excluding carboxylic acids is 1. The molecule has 0 bridgehead atoms. The van der Waals surface area contributed by atoms with Crippen molar-refractivity contribution in [3.8, 4) is 0 Å². The number of amides is 1. The van der Waals surface area contributed by atoms with E-state index in [1.807, 2.05) is 0 Å². The second-order valence-electron chi connectivity index (χ2n) is 5.86. The number of halogens is 2.